The number of terminal acetylenes is 1. The molecule has 3 aromatic rings. The minimum Gasteiger partial charge on any atom is -0.337 e. The number of pyridine rings is 1. The summed E-state index contributed by atoms with van der Waals surface area (Å²) in [4.78, 5) is 31.6. The van der Waals surface area contributed by atoms with Crippen LogP contribution >= 0.6 is 11.6 Å². The molecule has 1 aliphatic heterocycles. The van der Waals surface area contributed by atoms with Crippen LogP contribution in [0, 0.1) is 12.3 Å². The fraction of sp³-hybridized carbons (Fsp3) is 0.238. The molecule has 3 heterocycles. The second-order valence-electron chi connectivity index (χ2n) is 6.90. The molecule has 0 spiro atoms. The van der Waals surface area contributed by atoms with Gasteiger partial charge in [0.15, 0.2) is 5.69 Å². The number of carbonyl (C=O) groups is 2. The summed E-state index contributed by atoms with van der Waals surface area (Å²) in [6.07, 6.45) is 7.45. The van der Waals surface area contributed by atoms with E-state index >= 15 is 0 Å². The Labute approximate surface area is 172 Å². The monoisotopic (exact) mass is 407 g/mol. The highest BCUT2D eigenvalue weighted by atomic mass is 35.5. The molecule has 0 saturated heterocycles. The molecule has 0 radical (unpaired) electrons. The van der Waals surface area contributed by atoms with E-state index in [1.54, 1.807) is 30.2 Å². The van der Waals surface area contributed by atoms with Crippen molar-refractivity contribution < 1.29 is 9.59 Å². The topological polar surface area (TPSA) is 91.0 Å². The predicted octanol–water partition coefficient (Wildman–Crippen LogP) is 2.56. The van der Waals surface area contributed by atoms with Crippen LogP contribution in [0.5, 0.6) is 0 Å². The van der Waals surface area contributed by atoms with Gasteiger partial charge in [0.2, 0.25) is 0 Å². The number of aromatic amines is 1. The number of hydrogen-bond donors (Lipinski definition) is 2. The van der Waals surface area contributed by atoms with Gasteiger partial charge in [-0.1, -0.05) is 23.6 Å². The van der Waals surface area contributed by atoms with Crippen LogP contribution in [0.1, 0.15) is 39.0 Å². The fourth-order valence-corrected chi connectivity index (χ4v) is 3.60. The molecule has 7 nitrogen and oxygen atoms in total. The molecule has 1 atom stereocenters. The van der Waals surface area contributed by atoms with E-state index in [1.165, 1.54) is 0 Å². The molecule has 2 aromatic heterocycles. The molecular weight excluding hydrogens is 390 g/mol. The Morgan fingerprint density at radius 3 is 3.03 bits per heavy atom. The van der Waals surface area contributed by atoms with Gasteiger partial charge >= 0.3 is 0 Å². The third-order valence-corrected chi connectivity index (χ3v) is 5.28. The lowest BCUT2D eigenvalue weighted by molar-refractivity contribution is 0.0731. The van der Waals surface area contributed by atoms with E-state index in [9.17, 15) is 9.59 Å². The molecule has 0 aliphatic carbocycles. The third kappa shape index (κ3) is 3.55. The Balaban J connectivity index is 1.59. The Kier molecular flexibility index (Phi) is 4.95. The number of fused-ring (bicyclic) bond motifs is 2. The summed E-state index contributed by atoms with van der Waals surface area (Å²) in [5, 5.41) is 11.0. The van der Waals surface area contributed by atoms with Crippen LogP contribution in [0.25, 0.3) is 10.9 Å². The zero-order valence-corrected chi connectivity index (χ0v) is 16.5. The molecule has 1 aliphatic rings. The average Bonchev–Trinajstić information content (AvgIpc) is 3.16. The number of halogens is 1. The predicted molar refractivity (Wildman–Crippen MR) is 110 cm³/mol. The number of H-pyrrole nitrogens is 1. The zero-order valence-electron chi connectivity index (χ0n) is 15.7. The van der Waals surface area contributed by atoms with E-state index in [2.05, 4.69) is 26.4 Å². The number of amides is 2. The van der Waals surface area contributed by atoms with Gasteiger partial charge < -0.3 is 10.2 Å². The highest BCUT2D eigenvalue weighted by Crippen LogP contribution is 2.25. The van der Waals surface area contributed by atoms with Crippen LogP contribution in [0.3, 0.4) is 0 Å². The van der Waals surface area contributed by atoms with Crippen LogP contribution in [0.4, 0.5) is 0 Å². The van der Waals surface area contributed by atoms with Gasteiger partial charge in [0.05, 0.1) is 23.7 Å². The fourth-order valence-electron chi connectivity index (χ4n) is 3.38. The van der Waals surface area contributed by atoms with E-state index in [4.69, 9.17) is 18.0 Å². The first-order chi connectivity index (χ1) is 14.0. The smallest absolute Gasteiger partial charge is 0.273 e. The highest BCUT2D eigenvalue weighted by Gasteiger charge is 2.28. The standard InChI is InChI=1S/C21H18ClN5O2/c1-3-12(2)24-20(28)19-15-11-27(8-7-18(15)25-26-19)21(29)13-9-14-16(22)5-4-6-17(14)23-10-13/h1,4-6,9-10,12H,7-8,11H2,2H3,(H,24,28)(H,25,26). The number of nitrogens with one attached hydrogen (secondary N) is 2. The largest absolute Gasteiger partial charge is 0.337 e. The van der Waals surface area contributed by atoms with Crippen molar-refractivity contribution in [2.24, 2.45) is 0 Å². The first kappa shape index (κ1) is 19.0. The molecule has 0 bridgehead atoms. The van der Waals surface area contributed by atoms with Gasteiger partial charge in [-0.15, -0.1) is 6.42 Å². The summed E-state index contributed by atoms with van der Waals surface area (Å²) in [6.45, 7) is 2.50. The lowest BCUT2D eigenvalue weighted by Gasteiger charge is -2.27. The molecule has 1 aromatic carbocycles. The SMILES string of the molecule is C#CC(C)NC(=O)c1n[nH]c2c1CN(C(=O)c1cnc3cccc(Cl)c3c1)CC2. The minimum atomic E-state index is -0.412. The molecule has 146 valence electrons. The number of nitrogens with zero attached hydrogens (tertiary/aromatic N) is 3. The molecule has 2 N–H and O–H groups in total. The van der Waals surface area contributed by atoms with Crippen LogP contribution in [0.15, 0.2) is 30.5 Å². The summed E-state index contributed by atoms with van der Waals surface area (Å²) >= 11 is 6.25. The van der Waals surface area contributed by atoms with Crippen molar-refractivity contribution in [3.63, 3.8) is 0 Å². The van der Waals surface area contributed by atoms with Crippen molar-refractivity contribution in [3.05, 3.63) is 58.0 Å². The summed E-state index contributed by atoms with van der Waals surface area (Å²) in [6, 6.07) is 6.76. The normalized spacial score (nSPS) is 14.2. The van der Waals surface area contributed by atoms with Crippen LogP contribution < -0.4 is 5.32 Å². The second kappa shape index (κ2) is 7.57. The van der Waals surface area contributed by atoms with Gasteiger partial charge in [0, 0.05) is 40.8 Å². The molecule has 0 fully saturated rings. The summed E-state index contributed by atoms with van der Waals surface area (Å²) < 4.78 is 0. The molecular formula is C21H18ClN5O2. The Morgan fingerprint density at radius 2 is 2.24 bits per heavy atom. The van der Waals surface area contributed by atoms with E-state index in [-0.39, 0.29) is 24.1 Å². The van der Waals surface area contributed by atoms with Crippen molar-refractivity contribution in [1.29, 1.82) is 0 Å². The van der Waals surface area contributed by atoms with Crippen LogP contribution in [-0.2, 0) is 13.0 Å². The van der Waals surface area contributed by atoms with Gasteiger partial charge in [-0.3, -0.25) is 19.7 Å². The zero-order chi connectivity index (χ0) is 20.5. The summed E-state index contributed by atoms with van der Waals surface area (Å²) in [5.41, 5.74) is 3.00. The van der Waals surface area contributed by atoms with Gasteiger partial charge in [-0.2, -0.15) is 5.10 Å². The quantitative estimate of drug-likeness (QED) is 0.653. The van der Waals surface area contributed by atoms with E-state index in [0.717, 1.165) is 16.6 Å². The summed E-state index contributed by atoms with van der Waals surface area (Å²) in [7, 11) is 0. The van der Waals surface area contributed by atoms with Gasteiger partial charge in [-0.05, 0) is 25.1 Å². The van der Waals surface area contributed by atoms with Gasteiger partial charge in [0.1, 0.15) is 0 Å². The maximum atomic E-state index is 13.1. The Bertz CT molecular complexity index is 1160. The second-order valence-corrected chi connectivity index (χ2v) is 7.31. The molecule has 4 rings (SSSR count). The van der Waals surface area contributed by atoms with Crippen molar-refractivity contribution in [1.82, 2.24) is 25.4 Å². The number of benzene rings is 1. The number of rotatable bonds is 3. The molecule has 1 unspecified atom stereocenters. The number of carbonyl (C=O) groups excluding carboxylic acids is 2. The molecule has 0 saturated carbocycles. The van der Waals surface area contributed by atoms with Crippen molar-refractivity contribution in [2.75, 3.05) is 6.54 Å². The number of aromatic nitrogens is 3. The Morgan fingerprint density at radius 1 is 1.41 bits per heavy atom. The van der Waals surface area contributed by atoms with Gasteiger partial charge in [0.25, 0.3) is 11.8 Å². The molecule has 2 amide bonds. The first-order valence-electron chi connectivity index (χ1n) is 9.14. The van der Waals surface area contributed by atoms with E-state index in [1.807, 2.05) is 12.1 Å². The molecule has 8 heteroatoms. The summed E-state index contributed by atoms with van der Waals surface area (Å²) in [5.74, 6) is 1.92. The Hall–Kier alpha value is -3.37. The van der Waals surface area contributed by atoms with E-state index < -0.39 is 6.04 Å². The van der Waals surface area contributed by atoms with Crippen molar-refractivity contribution >= 4 is 34.3 Å². The van der Waals surface area contributed by atoms with Crippen LogP contribution in [0.2, 0.25) is 5.02 Å². The van der Waals surface area contributed by atoms with Crippen molar-refractivity contribution in [2.45, 2.75) is 25.9 Å². The number of hydrogen-bond acceptors (Lipinski definition) is 4. The third-order valence-electron chi connectivity index (χ3n) is 4.95. The van der Waals surface area contributed by atoms with Crippen molar-refractivity contribution in [3.8, 4) is 12.3 Å². The maximum Gasteiger partial charge on any atom is 0.273 e. The minimum absolute atomic E-state index is 0.172. The average molecular weight is 408 g/mol. The van der Waals surface area contributed by atoms with E-state index in [0.29, 0.717) is 29.1 Å². The molecule has 29 heavy (non-hydrogen) atoms. The van der Waals surface area contributed by atoms with Gasteiger partial charge in [-0.25, -0.2) is 0 Å². The lowest BCUT2D eigenvalue weighted by atomic mass is 10.0. The lowest BCUT2D eigenvalue weighted by Crippen LogP contribution is -2.37. The first-order valence-corrected chi connectivity index (χ1v) is 9.52. The van der Waals surface area contributed by atoms with Crippen LogP contribution in [-0.4, -0.2) is 44.5 Å². The highest BCUT2D eigenvalue weighted by molar-refractivity contribution is 6.35. The maximum absolute atomic E-state index is 13.1.